The highest BCUT2D eigenvalue weighted by Gasteiger charge is 2.29. The lowest BCUT2D eigenvalue weighted by molar-refractivity contribution is 0.238. The number of unbranched alkanes of at least 4 members (excludes halogenated alkanes) is 3. The van der Waals surface area contributed by atoms with E-state index >= 15 is 0 Å². The van der Waals surface area contributed by atoms with Gasteiger partial charge in [0.25, 0.3) is 0 Å². The first kappa shape index (κ1) is 62.5. The lowest BCUT2D eigenvalue weighted by Gasteiger charge is -2.34. The van der Waals surface area contributed by atoms with Crippen LogP contribution >= 0.6 is 0 Å². The summed E-state index contributed by atoms with van der Waals surface area (Å²) in [5.74, 6) is 3.45. The number of H-pyrrole nitrogens is 2. The second kappa shape index (κ2) is 30.0. The fourth-order valence-electron chi connectivity index (χ4n) is 13.3. The van der Waals surface area contributed by atoms with Crippen LogP contribution in [0.4, 0.5) is 21.0 Å². The van der Waals surface area contributed by atoms with Crippen LogP contribution in [-0.4, -0.2) is 97.6 Å². The number of anilines is 2. The summed E-state index contributed by atoms with van der Waals surface area (Å²) in [6, 6.07) is 42.8. The molecule has 0 atom stereocenters. The van der Waals surface area contributed by atoms with Gasteiger partial charge in [0, 0.05) is 73.6 Å². The molecule has 0 spiro atoms. The molecule has 2 aliphatic rings. The van der Waals surface area contributed by atoms with Gasteiger partial charge in [-0.3, -0.25) is 9.80 Å². The molecule has 0 saturated heterocycles. The van der Waals surface area contributed by atoms with E-state index in [-0.39, 0.29) is 24.1 Å². The third-order valence-corrected chi connectivity index (χ3v) is 18.0. The van der Waals surface area contributed by atoms with Crippen LogP contribution in [0.25, 0.3) is 67.1 Å². The Bertz CT molecular complexity index is 3950. The van der Waals surface area contributed by atoms with Gasteiger partial charge in [0.05, 0.1) is 22.1 Å². The number of amides is 4. The van der Waals surface area contributed by atoms with Crippen molar-refractivity contribution in [1.29, 1.82) is 0 Å². The van der Waals surface area contributed by atoms with Gasteiger partial charge in [-0.05, 0) is 155 Å². The number of carbonyl (C=O) groups excluding carboxylic acids is 2. The normalized spacial score (nSPS) is 13.8. The molecule has 468 valence electrons. The van der Waals surface area contributed by atoms with E-state index < -0.39 is 0 Å². The lowest BCUT2D eigenvalue weighted by Crippen LogP contribution is -2.47. The van der Waals surface area contributed by atoms with Crippen LogP contribution in [0, 0.1) is 13.8 Å². The molecule has 4 heterocycles. The molecule has 0 unspecified atom stereocenters. The zero-order valence-electron chi connectivity index (χ0n) is 53.4. The fraction of sp³-hybridized carbons (Fsp3) is 0.417. The van der Waals surface area contributed by atoms with Crippen LogP contribution in [-0.2, 0) is 25.9 Å². The third kappa shape index (κ3) is 14.5. The van der Waals surface area contributed by atoms with Gasteiger partial charge in [-0.15, -0.1) is 10.2 Å². The molecule has 2 aliphatic carbocycles. The van der Waals surface area contributed by atoms with Gasteiger partial charge >= 0.3 is 12.1 Å². The van der Waals surface area contributed by atoms with Crippen LogP contribution in [0.2, 0.25) is 0 Å². The van der Waals surface area contributed by atoms with Gasteiger partial charge in [0.2, 0.25) is 0 Å². The van der Waals surface area contributed by atoms with E-state index in [0.29, 0.717) is 31.3 Å². The summed E-state index contributed by atoms with van der Waals surface area (Å²) < 4.78 is 4.69. The average Bonchev–Trinajstić information content (AvgIpc) is 1.72. The number of hydrogen-bond donors (Lipinski definition) is 4. The zero-order chi connectivity index (χ0) is 62.3. The maximum Gasteiger partial charge on any atom is 0.322 e. The van der Waals surface area contributed by atoms with Crippen LogP contribution in [0.1, 0.15) is 164 Å². The number of rotatable bonds is 22. The van der Waals surface area contributed by atoms with Crippen LogP contribution < -0.4 is 20.4 Å². The Kier molecular flexibility index (Phi) is 20.8. The van der Waals surface area contributed by atoms with Crippen LogP contribution in [0.15, 0.2) is 121 Å². The van der Waals surface area contributed by atoms with Crippen LogP contribution in [0.3, 0.4) is 0 Å². The Hall–Kier alpha value is -9.06. The maximum atomic E-state index is 13.8. The molecular formula is C72H88N16O2. The molecule has 2 fully saturated rings. The minimum Gasteiger partial charge on any atom is -0.338 e. The monoisotopic (exact) mass is 1210 g/mol. The van der Waals surface area contributed by atoms with Crippen molar-refractivity contribution in [3.63, 3.8) is 0 Å². The Morgan fingerprint density at radius 1 is 0.544 bits per heavy atom. The van der Waals surface area contributed by atoms with Gasteiger partial charge in [0.15, 0.2) is 11.6 Å². The van der Waals surface area contributed by atoms with Gasteiger partial charge < -0.3 is 19.8 Å². The van der Waals surface area contributed by atoms with Crippen molar-refractivity contribution in [2.75, 3.05) is 22.9 Å². The molecule has 4 N–H and O–H groups in total. The molecule has 6 aromatic carbocycles. The van der Waals surface area contributed by atoms with E-state index in [4.69, 9.17) is 9.97 Å². The molecule has 4 amide bonds. The number of benzene rings is 6. The first-order valence-electron chi connectivity index (χ1n) is 33.1. The minimum atomic E-state index is -0.00928. The molecule has 90 heavy (non-hydrogen) atoms. The third-order valence-electron chi connectivity index (χ3n) is 18.0. The van der Waals surface area contributed by atoms with Crippen molar-refractivity contribution in [2.45, 2.75) is 182 Å². The standard InChI is InChI=1S/C38H48N8O.C34H40N8O/c1-4-6-7-13-23-39-38(47)46(30-15-9-8-10-16-30)31-24-27(3)36-34(25-31)45(35(40-36)14-5-2)26-28-19-21-29(22-20-28)32-17-11-12-18-33(32)37-41-43-44-42-37;1-4-11-31-36-32-23(3)20-27(41(5-2)34(43)35-26-12-7-6-8-13-26)21-30(32)42(31)22-24-16-18-25(19-17-24)28-14-9-10-15-29(28)33-37-39-40-38-33/h11-12,17-22,24-25,30H,4-10,13-16,23,26H2,1-3H3,(H,39,47)(H,41,42,43,44);9-10,14-21,26H,4-8,11-13,22H2,1-3H3,(H,35,43)(H,37,38,39,40). The van der Waals surface area contributed by atoms with E-state index in [2.05, 4.69) is 185 Å². The van der Waals surface area contributed by atoms with Gasteiger partial charge in [-0.2, -0.15) is 0 Å². The quantitative estimate of drug-likeness (QED) is 0.0472. The van der Waals surface area contributed by atoms with Crippen molar-refractivity contribution >= 4 is 45.5 Å². The predicted molar refractivity (Wildman–Crippen MR) is 361 cm³/mol. The van der Waals surface area contributed by atoms with E-state index in [1.165, 1.54) is 62.5 Å². The maximum absolute atomic E-state index is 13.8. The Morgan fingerprint density at radius 3 is 1.51 bits per heavy atom. The number of tetrazole rings is 2. The fourth-order valence-corrected chi connectivity index (χ4v) is 13.3. The number of imidazole rings is 2. The molecule has 18 heteroatoms. The predicted octanol–water partition coefficient (Wildman–Crippen LogP) is 15.7. The Labute approximate surface area is 529 Å². The Balaban J connectivity index is 0.000000186. The number of urea groups is 2. The van der Waals surface area contributed by atoms with E-state index in [1.54, 1.807) is 0 Å². The summed E-state index contributed by atoms with van der Waals surface area (Å²) in [6.45, 7) is 15.6. The molecule has 0 aliphatic heterocycles. The smallest absolute Gasteiger partial charge is 0.322 e. The van der Waals surface area contributed by atoms with E-state index in [9.17, 15) is 9.59 Å². The highest BCUT2D eigenvalue weighted by atomic mass is 16.2. The number of hydrogen-bond acceptors (Lipinski definition) is 10. The largest absolute Gasteiger partial charge is 0.338 e. The first-order chi connectivity index (χ1) is 44.1. The number of nitrogens with one attached hydrogen (secondary N) is 4. The number of fused-ring (bicyclic) bond motifs is 2. The van der Waals surface area contributed by atoms with Gasteiger partial charge in [-0.1, -0.05) is 176 Å². The molecule has 12 rings (SSSR count). The number of aromatic amines is 2. The summed E-state index contributed by atoms with van der Waals surface area (Å²) in [4.78, 5) is 41.4. The van der Waals surface area contributed by atoms with Gasteiger partial charge in [0.1, 0.15) is 11.6 Å². The van der Waals surface area contributed by atoms with Crippen molar-refractivity contribution in [2.24, 2.45) is 0 Å². The van der Waals surface area contributed by atoms with Crippen molar-refractivity contribution in [3.8, 4) is 45.0 Å². The number of aryl methyl sites for hydroxylation is 4. The van der Waals surface area contributed by atoms with Crippen LogP contribution in [0.5, 0.6) is 0 Å². The molecule has 0 radical (unpaired) electrons. The summed E-state index contributed by atoms with van der Waals surface area (Å²) in [5, 5.41) is 35.6. The summed E-state index contributed by atoms with van der Waals surface area (Å²) in [7, 11) is 0. The van der Waals surface area contributed by atoms with E-state index in [0.717, 1.165) is 160 Å². The lowest BCUT2D eigenvalue weighted by atomic mass is 9.93. The van der Waals surface area contributed by atoms with Crippen molar-refractivity contribution < 1.29 is 9.59 Å². The SMILES string of the molecule is CCCCCCNC(=O)N(c1cc(C)c2nc(CCC)n(Cc3ccc(-c4ccccc4-c4nnn[nH]4)cc3)c2c1)C1CCCCC1.CCCc1nc2c(C)cc(N(CC)C(=O)NC3CCCCC3)cc2n1Cc1ccc(-c2ccccc2-c2nnn[nH]2)cc1. The highest BCUT2D eigenvalue weighted by molar-refractivity contribution is 5.97. The number of nitrogens with zero attached hydrogens (tertiary/aromatic N) is 12. The van der Waals surface area contributed by atoms with Crippen molar-refractivity contribution in [3.05, 3.63) is 155 Å². The summed E-state index contributed by atoms with van der Waals surface area (Å²) >= 11 is 0. The highest BCUT2D eigenvalue weighted by Crippen LogP contribution is 2.36. The van der Waals surface area contributed by atoms with E-state index in [1.807, 2.05) is 48.2 Å². The second-order valence-electron chi connectivity index (χ2n) is 24.5. The average molecular weight is 1210 g/mol. The molecule has 2 saturated carbocycles. The molecule has 0 bridgehead atoms. The van der Waals surface area contributed by atoms with Gasteiger partial charge in [-0.25, -0.2) is 29.8 Å². The first-order valence-corrected chi connectivity index (χ1v) is 33.1. The summed E-state index contributed by atoms with van der Waals surface area (Å²) in [6.07, 6.45) is 19.8. The van der Waals surface area contributed by atoms with Crippen molar-refractivity contribution in [1.82, 2.24) is 71.0 Å². The number of aromatic nitrogens is 12. The Morgan fingerprint density at radius 2 is 1.03 bits per heavy atom. The molecule has 10 aromatic rings. The minimum absolute atomic E-state index is 0.00928. The molecule has 4 aromatic heterocycles. The second-order valence-corrected chi connectivity index (χ2v) is 24.5. The molecular weight excluding hydrogens is 1120 g/mol. The topological polar surface area (TPSA) is 209 Å². The summed E-state index contributed by atoms with van der Waals surface area (Å²) in [5.41, 5.74) is 16.9. The number of carbonyl (C=O) groups is 2. The molecule has 18 nitrogen and oxygen atoms in total. The zero-order valence-corrected chi connectivity index (χ0v) is 53.4.